The molecule has 0 fully saturated rings. The molecule has 0 saturated heterocycles. The molecule has 4 nitrogen and oxygen atoms in total. The summed E-state index contributed by atoms with van der Waals surface area (Å²) in [5, 5.41) is 3.45. The molecule has 0 aliphatic heterocycles. The second-order valence-corrected chi connectivity index (χ2v) is 7.11. The molecule has 2 amide bonds. The van der Waals surface area contributed by atoms with Crippen LogP contribution in [0, 0.1) is 5.82 Å². The zero-order valence-corrected chi connectivity index (χ0v) is 17.0. The number of carbonyl (C=O) groups is 2. The Morgan fingerprint density at radius 3 is 2.46 bits per heavy atom. The summed E-state index contributed by atoms with van der Waals surface area (Å²) in [6.45, 7) is 4.47. The van der Waals surface area contributed by atoms with Gasteiger partial charge < -0.3 is 10.2 Å². The van der Waals surface area contributed by atoms with Gasteiger partial charge in [-0.2, -0.15) is 0 Å². The molecule has 2 aromatic rings. The summed E-state index contributed by atoms with van der Waals surface area (Å²) in [7, 11) is 0. The van der Waals surface area contributed by atoms with Gasteiger partial charge >= 0.3 is 0 Å². The Bertz CT molecular complexity index is 795. The third-order valence-electron chi connectivity index (χ3n) is 4.55. The molecule has 0 aromatic heterocycles. The highest BCUT2D eigenvalue weighted by Crippen LogP contribution is 2.18. The Kier molecular flexibility index (Phi) is 8.45. The van der Waals surface area contributed by atoms with E-state index in [4.69, 9.17) is 11.6 Å². The van der Waals surface area contributed by atoms with E-state index in [0.717, 1.165) is 17.5 Å². The second-order valence-electron chi connectivity index (χ2n) is 6.71. The van der Waals surface area contributed by atoms with Crippen molar-refractivity contribution in [3.05, 3.63) is 70.5 Å². The predicted molar refractivity (Wildman–Crippen MR) is 109 cm³/mol. The van der Waals surface area contributed by atoms with Crippen LogP contribution in [0.2, 0.25) is 5.02 Å². The molecule has 0 spiro atoms. The van der Waals surface area contributed by atoms with Crippen molar-refractivity contribution in [3.63, 3.8) is 0 Å². The van der Waals surface area contributed by atoms with Crippen LogP contribution in [0.1, 0.15) is 37.8 Å². The first-order valence-corrected chi connectivity index (χ1v) is 9.85. The van der Waals surface area contributed by atoms with E-state index in [1.165, 1.54) is 17.0 Å². The summed E-state index contributed by atoms with van der Waals surface area (Å²) >= 11 is 6.18. The Labute approximate surface area is 170 Å². The summed E-state index contributed by atoms with van der Waals surface area (Å²) in [5.74, 6) is -0.687. The van der Waals surface area contributed by atoms with Crippen molar-refractivity contribution >= 4 is 23.4 Å². The van der Waals surface area contributed by atoms with Crippen LogP contribution in [0.3, 0.4) is 0 Å². The van der Waals surface area contributed by atoms with E-state index in [9.17, 15) is 14.0 Å². The maximum absolute atomic E-state index is 13.2. The molecule has 0 bridgehead atoms. The van der Waals surface area contributed by atoms with Crippen LogP contribution in [-0.2, 0) is 22.6 Å². The number of rotatable bonds is 9. The highest BCUT2D eigenvalue weighted by atomic mass is 35.5. The van der Waals surface area contributed by atoms with Gasteiger partial charge in [0.25, 0.3) is 0 Å². The van der Waals surface area contributed by atoms with Crippen LogP contribution in [-0.4, -0.2) is 29.3 Å². The van der Waals surface area contributed by atoms with Crippen molar-refractivity contribution in [1.82, 2.24) is 10.2 Å². The minimum Gasteiger partial charge on any atom is -0.354 e. The van der Waals surface area contributed by atoms with Gasteiger partial charge in [-0.15, -0.1) is 0 Å². The summed E-state index contributed by atoms with van der Waals surface area (Å²) in [5.41, 5.74) is 1.66. The standard InChI is InChI=1S/C22H26ClFN2O2/c1-3-14-25-22(28)16(2)26(15-17-8-11-19(24)12-9-17)21(27)13-10-18-6-4-5-7-20(18)23/h4-9,11-12,16H,3,10,13-15H2,1-2H3,(H,25,28)/t16-/m1/s1. The molecule has 0 radical (unpaired) electrons. The molecular formula is C22H26ClFN2O2. The van der Waals surface area contributed by atoms with Crippen LogP contribution >= 0.6 is 11.6 Å². The molecule has 2 aromatic carbocycles. The highest BCUT2D eigenvalue weighted by Gasteiger charge is 2.25. The second kappa shape index (κ2) is 10.8. The van der Waals surface area contributed by atoms with E-state index in [2.05, 4.69) is 5.32 Å². The topological polar surface area (TPSA) is 49.4 Å². The van der Waals surface area contributed by atoms with Crippen molar-refractivity contribution in [1.29, 1.82) is 0 Å². The van der Waals surface area contributed by atoms with Gasteiger partial charge in [0.1, 0.15) is 11.9 Å². The van der Waals surface area contributed by atoms with Crippen molar-refractivity contribution in [2.24, 2.45) is 0 Å². The average molecular weight is 405 g/mol. The molecule has 1 atom stereocenters. The maximum atomic E-state index is 13.2. The van der Waals surface area contributed by atoms with Crippen molar-refractivity contribution < 1.29 is 14.0 Å². The van der Waals surface area contributed by atoms with Gasteiger partial charge in [-0.05, 0) is 49.1 Å². The van der Waals surface area contributed by atoms with Gasteiger partial charge in [-0.3, -0.25) is 9.59 Å². The summed E-state index contributed by atoms with van der Waals surface area (Å²) in [6.07, 6.45) is 1.54. The Hall–Kier alpha value is -2.40. The maximum Gasteiger partial charge on any atom is 0.242 e. The summed E-state index contributed by atoms with van der Waals surface area (Å²) in [6, 6.07) is 12.7. The number of halogens is 2. The van der Waals surface area contributed by atoms with E-state index >= 15 is 0 Å². The van der Waals surface area contributed by atoms with Gasteiger partial charge in [-0.1, -0.05) is 48.9 Å². The number of benzene rings is 2. The van der Waals surface area contributed by atoms with Gasteiger partial charge in [0.2, 0.25) is 11.8 Å². The van der Waals surface area contributed by atoms with Crippen LogP contribution in [0.5, 0.6) is 0 Å². The largest absolute Gasteiger partial charge is 0.354 e. The molecule has 150 valence electrons. The lowest BCUT2D eigenvalue weighted by Gasteiger charge is -2.29. The molecule has 0 unspecified atom stereocenters. The fourth-order valence-electron chi connectivity index (χ4n) is 2.85. The Morgan fingerprint density at radius 1 is 1.14 bits per heavy atom. The molecule has 1 N–H and O–H groups in total. The van der Waals surface area contributed by atoms with Crippen LogP contribution < -0.4 is 5.32 Å². The third-order valence-corrected chi connectivity index (χ3v) is 4.92. The fourth-order valence-corrected chi connectivity index (χ4v) is 3.08. The number of nitrogens with zero attached hydrogens (tertiary/aromatic N) is 1. The minimum atomic E-state index is -0.629. The molecule has 6 heteroatoms. The lowest BCUT2D eigenvalue weighted by atomic mass is 10.1. The Morgan fingerprint density at radius 2 is 1.82 bits per heavy atom. The summed E-state index contributed by atoms with van der Waals surface area (Å²) < 4.78 is 13.2. The molecule has 0 saturated carbocycles. The lowest BCUT2D eigenvalue weighted by molar-refractivity contribution is -0.140. The van der Waals surface area contributed by atoms with Gasteiger partial charge in [0, 0.05) is 24.5 Å². The van der Waals surface area contributed by atoms with Gasteiger partial charge in [-0.25, -0.2) is 4.39 Å². The fraction of sp³-hybridized carbons (Fsp3) is 0.364. The lowest BCUT2D eigenvalue weighted by Crippen LogP contribution is -2.47. The number of hydrogen-bond acceptors (Lipinski definition) is 2. The number of nitrogens with one attached hydrogen (secondary N) is 1. The van der Waals surface area contributed by atoms with E-state index in [0.29, 0.717) is 18.0 Å². The van der Waals surface area contributed by atoms with E-state index < -0.39 is 6.04 Å². The summed E-state index contributed by atoms with van der Waals surface area (Å²) in [4.78, 5) is 26.9. The number of aryl methyl sites for hydroxylation is 1. The molecular weight excluding hydrogens is 379 g/mol. The normalized spacial score (nSPS) is 11.7. The smallest absolute Gasteiger partial charge is 0.242 e. The number of amides is 2. The first-order valence-electron chi connectivity index (χ1n) is 9.47. The number of hydrogen-bond donors (Lipinski definition) is 1. The zero-order chi connectivity index (χ0) is 20.5. The predicted octanol–water partition coefficient (Wildman–Crippen LogP) is 4.36. The van der Waals surface area contributed by atoms with Crippen molar-refractivity contribution in [2.75, 3.05) is 6.54 Å². The number of carbonyl (C=O) groups excluding carboxylic acids is 2. The monoisotopic (exact) mass is 404 g/mol. The van der Waals surface area contributed by atoms with E-state index in [-0.39, 0.29) is 30.6 Å². The van der Waals surface area contributed by atoms with E-state index in [1.807, 2.05) is 25.1 Å². The first-order chi connectivity index (χ1) is 13.4. The highest BCUT2D eigenvalue weighted by molar-refractivity contribution is 6.31. The average Bonchev–Trinajstić information content (AvgIpc) is 2.70. The third kappa shape index (κ3) is 6.34. The molecule has 0 aliphatic rings. The van der Waals surface area contributed by atoms with Crippen molar-refractivity contribution in [3.8, 4) is 0 Å². The van der Waals surface area contributed by atoms with Crippen LogP contribution in [0.4, 0.5) is 4.39 Å². The zero-order valence-electron chi connectivity index (χ0n) is 16.3. The van der Waals surface area contributed by atoms with E-state index in [1.54, 1.807) is 25.1 Å². The molecule has 0 heterocycles. The van der Waals surface area contributed by atoms with Crippen LogP contribution in [0.25, 0.3) is 0 Å². The first kappa shape index (κ1) is 21.9. The quantitative estimate of drug-likeness (QED) is 0.675. The minimum absolute atomic E-state index is 0.150. The van der Waals surface area contributed by atoms with Gasteiger partial charge in [0.05, 0.1) is 0 Å². The molecule has 28 heavy (non-hydrogen) atoms. The van der Waals surface area contributed by atoms with Crippen molar-refractivity contribution in [2.45, 2.75) is 45.7 Å². The molecule has 0 aliphatic carbocycles. The van der Waals surface area contributed by atoms with Crippen LogP contribution in [0.15, 0.2) is 48.5 Å². The Balaban J connectivity index is 2.13. The molecule has 2 rings (SSSR count). The SMILES string of the molecule is CCCNC(=O)[C@@H](C)N(Cc1ccc(F)cc1)C(=O)CCc1ccccc1Cl. The van der Waals surface area contributed by atoms with Gasteiger partial charge in [0.15, 0.2) is 0 Å².